The number of thiophene rings is 1. The van der Waals surface area contributed by atoms with Gasteiger partial charge in [-0.15, -0.1) is 11.3 Å². The van der Waals surface area contributed by atoms with Gasteiger partial charge < -0.3 is 4.42 Å². The topological polar surface area (TPSA) is 64.7 Å². The van der Waals surface area contributed by atoms with Crippen molar-refractivity contribution in [1.82, 2.24) is 19.9 Å². The number of hydrogen-bond acceptors (Lipinski definition) is 6. The number of pyridine rings is 1. The Morgan fingerprint density at radius 1 is 0.286 bits per heavy atom. The maximum absolute atomic E-state index is 7.21. The van der Waals surface area contributed by atoms with E-state index < -0.39 is 0 Å². The summed E-state index contributed by atoms with van der Waals surface area (Å²) in [7, 11) is 0. The highest BCUT2D eigenvalue weighted by Gasteiger charge is 2.22. The third kappa shape index (κ3) is 6.61. The first-order chi connectivity index (χ1) is 34.7. The summed E-state index contributed by atoms with van der Waals surface area (Å²) in [6.45, 7) is 0. The Bertz CT molecular complexity index is 4260. The van der Waals surface area contributed by atoms with E-state index in [-0.39, 0.29) is 0 Å². The molecule has 6 heteroatoms. The van der Waals surface area contributed by atoms with E-state index >= 15 is 0 Å². The fourth-order valence-electron chi connectivity index (χ4n) is 10.2. The van der Waals surface area contributed by atoms with E-state index in [1.807, 2.05) is 78.1 Å². The highest BCUT2D eigenvalue weighted by Crippen LogP contribution is 2.49. The Hall–Kier alpha value is -9.10. The van der Waals surface area contributed by atoms with E-state index in [2.05, 4.69) is 164 Å². The number of furan rings is 1. The quantitative estimate of drug-likeness (QED) is 0.149. The van der Waals surface area contributed by atoms with Crippen molar-refractivity contribution >= 4 is 75.1 Å². The van der Waals surface area contributed by atoms with Crippen LogP contribution in [-0.2, 0) is 0 Å². The van der Waals surface area contributed by atoms with Crippen LogP contribution in [0.1, 0.15) is 0 Å². The van der Waals surface area contributed by atoms with Crippen LogP contribution >= 0.6 is 11.3 Å². The van der Waals surface area contributed by atoms with Crippen molar-refractivity contribution in [2.75, 3.05) is 0 Å². The van der Waals surface area contributed by atoms with Crippen LogP contribution in [0.5, 0.6) is 0 Å². The van der Waals surface area contributed by atoms with Crippen molar-refractivity contribution in [3.63, 3.8) is 0 Å². The van der Waals surface area contributed by atoms with E-state index in [1.165, 1.54) is 31.3 Å². The molecule has 14 aromatic rings. The summed E-state index contributed by atoms with van der Waals surface area (Å²) in [6, 6.07) is 80.9. The van der Waals surface area contributed by atoms with E-state index in [0.717, 1.165) is 93.8 Å². The van der Waals surface area contributed by atoms with Crippen molar-refractivity contribution in [2.45, 2.75) is 0 Å². The van der Waals surface area contributed by atoms with Gasteiger partial charge in [-0.25, -0.2) is 19.9 Å². The van der Waals surface area contributed by atoms with Crippen LogP contribution in [0, 0.1) is 0 Å². The Labute approximate surface area is 406 Å². The summed E-state index contributed by atoms with van der Waals surface area (Å²) < 4.78 is 9.68. The monoisotopic (exact) mass is 910 g/mol. The zero-order chi connectivity index (χ0) is 46.1. The Morgan fingerprint density at radius 2 is 0.786 bits per heavy atom. The van der Waals surface area contributed by atoms with Crippen LogP contribution in [0.2, 0.25) is 0 Å². The van der Waals surface area contributed by atoms with Gasteiger partial charge in [-0.1, -0.05) is 206 Å². The van der Waals surface area contributed by atoms with Crippen molar-refractivity contribution in [2.24, 2.45) is 0 Å². The lowest BCUT2D eigenvalue weighted by Crippen LogP contribution is -2.00. The summed E-state index contributed by atoms with van der Waals surface area (Å²) in [5, 5.41) is 7.85. The molecule has 0 saturated carbocycles. The molecule has 0 bridgehead atoms. The van der Waals surface area contributed by atoms with Crippen LogP contribution < -0.4 is 0 Å². The van der Waals surface area contributed by atoms with E-state index in [4.69, 9.17) is 24.4 Å². The van der Waals surface area contributed by atoms with Crippen molar-refractivity contribution in [3.05, 3.63) is 231 Å². The standard InChI is InChI=1S/C64H38N4OS/c1-5-17-40(18-6-1)53-37-45(39-31-33-44(34-32-39)64-67-62(42-21-9-3-10-22-42)66-63(68-64)43-23-11-4-12-24-43)38-54-50-29-16-28-49(60(50)70-61(53)54)47-27-15-26-46-48-35-36-52-56(59(48)69-58(46)47)51-25-13-14-30-55(51)65-57(52)41-19-7-2-8-20-41/h1-38H. The Morgan fingerprint density at radius 3 is 1.46 bits per heavy atom. The van der Waals surface area contributed by atoms with Crippen LogP contribution in [-0.4, -0.2) is 19.9 Å². The summed E-state index contributed by atoms with van der Waals surface area (Å²) in [5.74, 6) is 1.92. The molecule has 0 aliphatic rings. The van der Waals surface area contributed by atoms with Gasteiger partial charge in [0, 0.05) is 86.0 Å². The van der Waals surface area contributed by atoms with Gasteiger partial charge in [-0.2, -0.15) is 0 Å². The van der Waals surface area contributed by atoms with Gasteiger partial charge in [-0.3, -0.25) is 0 Å². The average molecular weight is 911 g/mol. The molecule has 0 saturated heterocycles. The maximum atomic E-state index is 7.21. The predicted molar refractivity (Wildman–Crippen MR) is 291 cm³/mol. The first kappa shape index (κ1) is 40.0. The van der Waals surface area contributed by atoms with E-state index in [1.54, 1.807) is 0 Å². The largest absolute Gasteiger partial charge is 0.455 e. The minimum Gasteiger partial charge on any atom is -0.455 e. The van der Waals surface area contributed by atoms with Crippen LogP contribution in [0.15, 0.2) is 235 Å². The van der Waals surface area contributed by atoms with Gasteiger partial charge in [0.1, 0.15) is 11.2 Å². The van der Waals surface area contributed by atoms with Crippen molar-refractivity contribution in [3.8, 4) is 78.8 Å². The summed E-state index contributed by atoms with van der Waals surface area (Å²) >= 11 is 1.85. The molecule has 0 radical (unpaired) electrons. The minimum absolute atomic E-state index is 0.631. The predicted octanol–water partition coefficient (Wildman–Crippen LogP) is 17.5. The average Bonchev–Trinajstić information content (AvgIpc) is 4.02. The number of benzene rings is 10. The second-order valence-corrected chi connectivity index (χ2v) is 18.7. The van der Waals surface area contributed by atoms with E-state index in [0.29, 0.717) is 17.5 Å². The van der Waals surface area contributed by atoms with Gasteiger partial charge >= 0.3 is 0 Å². The molecule has 0 unspecified atom stereocenters. The molecule has 10 aromatic carbocycles. The Balaban J connectivity index is 0.925. The molecule has 5 nitrogen and oxygen atoms in total. The molecule has 4 aromatic heterocycles. The summed E-state index contributed by atoms with van der Waals surface area (Å²) in [6.07, 6.45) is 0. The third-order valence-electron chi connectivity index (χ3n) is 13.5. The molecule has 70 heavy (non-hydrogen) atoms. The number of nitrogens with zero attached hydrogens (tertiary/aromatic N) is 4. The molecule has 0 fully saturated rings. The van der Waals surface area contributed by atoms with Crippen LogP contribution in [0.25, 0.3) is 143 Å². The molecule has 0 amide bonds. The first-order valence-corrected chi connectivity index (χ1v) is 24.3. The minimum atomic E-state index is 0.631. The zero-order valence-corrected chi connectivity index (χ0v) is 38.4. The second-order valence-electron chi connectivity index (χ2n) is 17.7. The summed E-state index contributed by atoms with van der Waals surface area (Å²) in [5.41, 5.74) is 14.4. The number of aromatic nitrogens is 4. The van der Waals surface area contributed by atoms with E-state index in [9.17, 15) is 0 Å². The highest BCUT2D eigenvalue weighted by atomic mass is 32.1. The normalized spacial score (nSPS) is 11.7. The fourth-order valence-corrected chi connectivity index (χ4v) is 11.5. The molecule has 326 valence electrons. The highest BCUT2D eigenvalue weighted by molar-refractivity contribution is 7.27. The van der Waals surface area contributed by atoms with Crippen LogP contribution in [0.3, 0.4) is 0 Å². The number of hydrogen-bond donors (Lipinski definition) is 0. The van der Waals surface area contributed by atoms with Crippen LogP contribution in [0.4, 0.5) is 0 Å². The lowest BCUT2D eigenvalue weighted by molar-refractivity contribution is 0.674. The summed E-state index contributed by atoms with van der Waals surface area (Å²) in [4.78, 5) is 20.1. The van der Waals surface area contributed by atoms with Gasteiger partial charge in [-0.05, 0) is 41.0 Å². The molecule has 0 atom stereocenters. The van der Waals surface area contributed by atoms with Gasteiger partial charge in [0.2, 0.25) is 0 Å². The Kier molecular flexibility index (Phi) is 9.32. The second kappa shape index (κ2) is 16.3. The van der Waals surface area contributed by atoms with Gasteiger partial charge in [0.25, 0.3) is 0 Å². The number of rotatable bonds is 7. The lowest BCUT2D eigenvalue weighted by Gasteiger charge is -2.11. The smallest absolute Gasteiger partial charge is 0.164 e. The maximum Gasteiger partial charge on any atom is 0.164 e. The van der Waals surface area contributed by atoms with Crippen molar-refractivity contribution < 1.29 is 4.42 Å². The lowest BCUT2D eigenvalue weighted by atomic mass is 9.94. The molecule has 0 aliphatic carbocycles. The third-order valence-corrected chi connectivity index (χ3v) is 14.8. The zero-order valence-electron chi connectivity index (χ0n) is 37.5. The number of para-hydroxylation sites is 2. The molecule has 0 N–H and O–H groups in total. The fraction of sp³-hybridized carbons (Fsp3) is 0. The van der Waals surface area contributed by atoms with Crippen molar-refractivity contribution in [1.29, 1.82) is 0 Å². The molecular formula is C64H38N4OS. The first-order valence-electron chi connectivity index (χ1n) is 23.5. The SMILES string of the molecule is c1ccc(-c2nc(-c3ccccc3)nc(-c3ccc(-c4cc(-c5ccccc5)c5sc6c(-c7cccc8c7oc7c8ccc8c(-c9ccccc9)nc9ccccc9c87)cccc6c5c4)cc3)n2)cc1. The van der Waals surface area contributed by atoms with Gasteiger partial charge in [0.15, 0.2) is 17.5 Å². The molecule has 14 rings (SSSR count). The molecular weight excluding hydrogens is 873 g/mol. The molecule has 4 heterocycles. The molecule has 0 spiro atoms. The molecule has 0 aliphatic heterocycles. The number of fused-ring (bicyclic) bond motifs is 10. The van der Waals surface area contributed by atoms with Gasteiger partial charge in [0.05, 0.1) is 11.2 Å².